The monoisotopic (exact) mass is 296 g/mol. The maximum Gasteiger partial charge on any atom is 0.337 e. The van der Waals surface area contributed by atoms with Crippen molar-refractivity contribution in [3.63, 3.8) is 0 Å². The quantitative estimate of drug-likeness (QED) is 0.515. The molecule has 1 rings (SSSR count). The third kappa shape index (κ3) is 5.11. The van der Waals surface area contributed by atoms with Crippen LogP contribution in [0.25, 0.3) is 0 Å². The van der Waals surface area contributed by atoms with Crippen LogP contribution in [0, 0.1) is 0 Å². The molecule has 0 aliphatic carbocycles. The Kier molecular flexibility index (Phi) is 5.25. The van der Waals surface area contributed by atoms with Crippen molar-refractivity contribution in [1.29, 1.82) is 0 Å². The molecule has 1 unspecified atom stereocenters. The number of rotatable bonds is 7. The van der Waals surface area contributed by atoms with Crippen LogP contribution in [0.3, 0.4) is 0 Å². The molecule has 1 aromatic rings. The first kappa shape index (κ1) is 16.4. The fourth-order valence-corrected chi connectivity index (χ4v) is 1.26. The maximum absolute atomic E-state index is 11.4. The number of benzene rings is 1. The summed E-state index contributed by atoms with van der Waals surface area (Å²) >= 11 is 0. The van der Waals surface area contributed by atoms with Gasteiger partial charge in [-0.05, 0) is 31.2 Å². The van der Waals surface area contributed by atoms with E-state index in [0.29, 0.717) is 11.3 Å². The van der Waals surface area contributed by atoms with Gasteiger partial charge in [-0.25, -0.2) is 4.79 Å². The third-order valence-corrected chi connectivity index (χ3v) is 2.60. The summed E-state index contributed by atoms with van der Waals surface area (Å²) in [7, 11) is 0. The van der Waals surface area contributed by atoms with Gasteiger partial charge < -0.3 is 26.0 Å². The van der Waals surface area contributed by atoms with Gasteiger partial charge in [0.1, 0.15) is 5.75 Å². The Labute approximate surface area is 120 Å². The maximum atomic E-state index is 11.4. The second kappa shape index (κ2) is 6.71. The molecule has 0 aromatic heterocycles. The zero-order valence-corrected chi connectivity index (χ0v) is 11.3. The van der Waals surface area contributed by atoms with E-state index in [9.17, 15) is 19.5 Å². The summed E-state index contributed by atoms with van der Waals surface area (Å²) in [6, 6.07) is 5.84. The van der Waals surface area contributed by atoms with Gasteiger partial charge in [0, 0.05) is 5.56 Å². The molecule has 0 aliphatic rings. The van der Waals surface area contributed by atoms with Crippen molar-refractivity contribution in [2.75, 3.05) is 13.2 Å². The summed E-state index contributed by atoms with van der Waals surface area (Å²) < 4.78 is 5.14. The lowest BCUT2D eigenvalue weighted by molar-refractivity contribution is -0.156. The van der Waals surface area contributed by atoms with Crippen molar-refractivity contribution >= 4 is 17.8 Å². The number of carbonyl (C=O) groups excluding carboxylic acids is 2. The molecule has 0 heterocycles. The van der Waals surface area contributed by atoms with E-state index in [1.165, 1.54) is 24.3 Å². The summed E-state index contributed by atoms with van der Waals surface area (Å²) in [6.07, 6.45) is 0. The molecule has 1 aromatic carbocycles. The summed E-state index contributed by atoms with van der Waals surface area (Å²) in [5.41, 5.74) is 3.34. The lowest BCUT2D eigenvalue weighted by atomic mass is 10.1. The normalized spacial score (nSPS) is 13.0. The molecule has 8 nitrogen and oxygen atoms in total. The molecular formula is C13H16N2O6. The first-order chi connectivity index (χ1) is 9.72. The fourth-order valence-electron chi connectivity index (χ4n) is 1.26. The molecule has 0 bridgehead atoms. The van der Waals surface area contributed by atoms with Gasteiger partial charge in [0.2, 0.25) is 5.91 Å². The third-order valence-electron chi connectivity index (χ3n) is 2.60. The minimum atomic E-state index is -2.04. The molecule has 21 heavy (non-hydrogen) atoms. The Balaban J connectivity index is 2.43. The van der Waals surface area contributed by atoms with Crippen LogP contribution in [0.15, 0.2) is 24.3 Å². The van der Waals surface area contributed by atoms with E-state index < -0.39 is 29.9 Å². The van der Waals surface area contributed by atoms with Gasteiger partial charge in [-0.1, -0.05) is 0 Å². The smallest absolute Gasteiger partial charge is 0.337 e. The Hall–Kier alpha value is -2.61. The van der Waals surface area contributed by atoms with Crippen LogP contribution in [0.5, 0.6) is 5.75 Å². The van der Waals surface area contributed by atoms with Crippen molar-refractivity contribution in [1.82, 2.24) is 5.32 Å². The van der Waals surface area contributed by atoms with Gasteiger partial charge in [-0.15, -0.1) is 0 Å². The van der Waals surface area contributed by atoms with Crippen molar-refractivity contribution in [2.24, 2.45) is 5.73 Å². The summed E-state index contributed by atoms with van der Waals surface area (Å²) in [6.45, 7) is 0.274. The number of nitrogens with two attached hydrogens (primary N) is 1. The van der Waals surface area contributed by atoms with E-state index in [2.05, 4.69) is 5.32 Å². The predicted octanol–water partition coefficient (Wildman–Crippen LogP) is -0.884. The highest BCUT2D eigenvalue weighted by molar-refractivity contribution is 5.92. The van der Waals surface area contributed by atoms with E-state index in [1.54, 1.807) is 0 Å². The molecule has 8 heteroatoms. The van der Waals surface area contributed by atoms with Crippen molar-refractivity contribution in [3.8, 4) is 5.75 Å². The average Bonchev–Trinajstić information content (AvgIpc) is 2.43. The number of nitrogens with one attached hydrogen (secondary N) is 1. The topological polar surface area (TPSA) is 139 Å². The first-order valence-electron chi connectivity index (χ1n) is 5.97. The second-order valence-corrected chi connectivity index (χ2v) is 4.53. The highest BCUT2D eigenvalue weighted by Gasteiger charge is 2.30. The number of amides is 2. The van der Waals surface area contributed by atoms with Gasteiger partial charge in [-0.3, -0.25) is 9.59 Å². The number of carbonyl (C=O) groups is 3. The second-order valence-electron chi connectivity index (χ2n) is 4.53. The van der Waals surface area contributed by atoms with Crippen LogP contribution in [-0.2, 0) is 9.59 Å². The first-order valence-corrected chi connectivity index (χ1v) is 5.97. The van der Waals surface area contributed by atoms with Gasteiger partial charge in [0.15, 0.2) is 12.2 Å². The molecule has 0 radical (unpaired) electrons. The summed E-state index contributed by atoms with van der Waals surface area (Å²) in [4.78, 5) is 32.9. The van der Waals surface area contributed by atoms with Crippen LogP contribution in [-0.4, -0.2) is 46.7 Å². The highest BCUT2D eigenvalue weighted by Crippen LogP contribution is 2.11. The average molecular weight is 296 g/mol. The zero-order chi connectivity index (χ0) is 16.0. The van der Waals surface area contributed by atoms with E-state index >= 15 is 0 Å². The largest absolute Gasteiger partial charge is 0.484 e. The summed E-state index contributed by atoms with van der Waals surface area (Å²) in [5, 5.41) is 20.3. The fraction of sp³-hybridized carbons (Fsp3) is 0.308. The molecule has 1 atom stereocenters. The van der Waals surface area contributed by atoms with Crippen LogP contribution in [0.4, 0.5) is 0 Å². The molecule has 0 fully saturated rings. The molecule has 5 N–H and O–H groups in total. The predicted molar refractivity (Wildman–Crippen MR) is 71.7 cm³/mol. The molecular weight excluding hydrogens is 280 g/mol. The zero-order valence-electron chi connectivity index (χ0n) is 11.3. The van der Waals surface area contributed by atoms with Gasteiger partial charge >= 0.3 is 5.97 Å². The van der Waals surface area contributed by atoms with E-state index in [1.807, 2.05) is 0 Å². The SMILES string of the molecule is CC(O)(CNC(=O)COc1ccc(C(N)=O)cc1)C(=O)O. The Bertz CT molecular complexity index is 538. The van der Waals surface area contributed by atoms with Crippen molar-refractivity contribution < 1.29 is 29.3 Å². The Morgan fingerprint density at radius 2 is 1.86 bits per heavy atom. The number of carboxylic acids is 1. The molecule has 114 valence electrons. The van der Waals surface area contributed by atoms with Crippen LogP contribution >= 0.6 is 0 Å². The van der Waals surface area contributed by atoms with Gasteiger partial charge in [0.25, 0.3) is 5.91 Å². The van der Waals surface area contributed by atoms with Crippen LogP contribution in [0.2, 0.25) is 0 Å². The Morgan fingerprint density at radius 3 is 2.33 bits per heavy atom. The van der Waals surface area contributed by atoms with Gasteiger partial charge in [-0.2, -0.15) is 0 Å². The van der Waals surface area contributed by atoms with Crippen molar-refractivity contribution in [3.05, 3.63) is 29.8 Å². The Morgan fingerprint density at radius 1 is 1.29 bits per heavy atom. The number of carboxylic acid groups (broad SMARTS) is 1. The molecule has 0 aliphatic heterocycles. The van der Waals surface area contributed by atoms with Crippen LogP contribution < -0.4 is 15.8 Å². The number of aliphatic hydroxyl groups is 1. The molecule has 0 saturated heterocycles. The number of aliphatic carboxylic acids is 1. The molecule has 0 spiro atoms. The number of primary amides is 1. The van der Waals surface area contributed by atoms with Crippen LogP contribution in [0.1, 0.15) is 17.3 Å². The minimum Gasteiger partial charge on any atom is -0.484 e. The number of hydrogen-bond donors (Lipinski definition) is 4. The molecule has 2 amide bonds. The minimum absolute atomic E-state index is 0.310. The highest BCUT2D eigenvalue weighted by atomic mass is 16.5. The van der Waals surface area contributed by atoms with E-state index in [0.717, 1.165) is 6.92 Å². The van der Waals surface area contributed by atoms with Gasteiger partial charge in [0.05, 0.1) is 6.54 Å². The van der Waals surface area contributed by atoms with Crippen molar-refractivity contribution in [2.45, 2.75) is 12.5 Å². The lowest BCUT2D eigenvalue weighted by Crippen LogP contribution is -2.47. The number of ether oxygens (including phenoxy) is 1. The lowest BCUT2D eigenvalue weighted by Gasteiger charge is -2.18. The number of hydrogen-bond acceptors (Lipinski definition) is 5. The molecule has 0 saturated carbocycles. The summed E-state index contributed by atoms with van der Waals surface area (Å²) in [5.74, 6) is -2.25. The van der Waals surface area contributed by atoms with E-state index in [4.69, 9.17) is 15.6 Å². The van der Waals surface area contributed by atoms with E-state index in [-0.39, 0.29) is 6.61 Å². The standard InChI is InChI=1S/C13H16N2O6/c1-13(20,12(18)19)7-15-10(16)6-21-9-4-2-8(3-5-9)11(14)17/h2-5,20H,6-7H2,1H3,(H2,14,17)(H,15,16)(H,18,19).